The molecule has 17 heavy (non-hydrogen) atoms. The summed E-state index contributed by atoms with van der Waals surface area (Å²) < 4.78 is 14.7. The number of halogens is 2. The molecule has 1 nitrogen and oxygen atoms in total. The first-order valence-electron chi connectivity index (χ1n) is 5.06. The van der Waals surface area contributed by atoms with Crippen molar-refractivity contribution in [3.05, 3.63) is 55.4 Å². The summed E-state index contributed by atoms with van der Waals surface area (Å²) in [6.07, 6.45) is 0. The number of hydrogen-bond donors (Lipinski definition) is 0. The Hall–Kier alpha value is -1.000. The highest BCUT2D eigenvalue weighted by atomic mass is 79.9. The van der Waals surface area contributed by atoms with Crippen molar-refractivity contribution >= 4 is 33.0 Å². The Kier molecular flexibility index (Phi) is 3.45. The molecule has 0 bridgehead atoms. The van der Waals surface area contributed by atoms with Gasteiger partial charge in [0.15, 0.2) is 5.78 Å². The van der Waals surface area contributed by atoms with Gasteiger partial charge in [0.25, 0.3) is 0 Å². The van der Waals surface area contributed by atoms with Crippen LogP contribution in [-0.2, 0) is 0 Å². The predicted octanol–water partition coefficient (Wildman–Crippen LogP) is 4.50. The smallest absolute Gasteiger partial charge is 0.197 e. The van der Waals surface area contributed by atoms with Gasteiger partial charge in [-0.2, -0.15) is 0 Å². The van der Waals surface area contributed by atoms with Crippen LogP contribution in [0.5, 0.6) is 0 Å². The maximum atomic E-state index is 13.8. The number of aryl methyl sites for hydroxylation is 2. The monoisotopic (exact) mass is 312 g/mol. The molecule has 1 aromatic carbocycles. The molecule has 0 N–H and O–H groups in total. The average Bonchev–Trinajstić information content (AvgIpc) is 2.61. The lowest BCUT2D eigenvalue weighted by Gasteiger charge is -2.04. The molecule has 2 aromatic rings. The summed E-state index contributed by atoms with van der Waals surface area (Å²) in [5, 5.41) is 0. The molecule has 0 aliphatic carbocycles. The van der Waals surface area contributed by atoms with Gasteiger partial charge in [0.2, 0.25) is 0 Å². The maximum absolute atomic E-state index is 13.8. The SMILES string of the molecule is Cc1cccc(C(=O)c2cc(Br)sc2C)c1F. The molecule has 0 spiro atoms. The van der Waals surface area contributed by atoms with Crippen LogP contribution in [0.2, 0.25) is 0 Å². The van der Waals surface area contributed by atoms with Crippen LogP contribution in [0.25, 0.3) is 0 Å². The molecule has 0 amide bonds. The number of hydrogen-bond acceptors (Lipinski definition) is 2. The van der Waals surface area contributed by atoms with E-state index in [1.165, 1.54) is 17.4 Å². The highest BCUT2D eigenvalue weighted by Crippen LogP contribution is 2.28. The van der Waals surface area contributed by atoms with Gasteiger partial charge in [0.1, 0.15) is 5.82 Å². The van der Waals surface area contributed by atoms with Crippen molar-refractivity contribution < 1.29 is 9.18 Å². The van der Waals surface area contributed by atoms with Gasteiger partial charge >= 0.3 is 0 Å². The van der Waals surface area contributed by atoms with Gasteiger partial charge in [-0.3, -0.25) is 4.79 Å². The Morgan fingerprint density at radius 2 is 2.00 bits per heavy atom. The van der Waals surface area contributed by atoms with Gasteiger partial charge in [-0.15, -0.1) is 11.3 Å². The summed E-state index contributed by atoms with van der Waals surface area (Å²) in [5.74, 6) is -0.690. The summed E-state index contributed by atoms with van der Waals surface area (Å²) >= 11 is 4.81. The Labute approximate surface area is 111 Å². The zero-order valence-corrected chi connectivity index (χ0v) is 11.8. The largest absolute Gasteiger partial charge is 0.288 e. The molecule has 0 saturated heterocycles. The van der Waals surface area contributed by atoms with E-state index in [1.807, 2.05) is 6.92 Å². The van der Waals surface area contributed by atoms with Crippen LogP contribution < -0.4 is 0 Å². The molecule has 4 heteroatoms. The molecule has 0 aliphatic heterocycles. The first kappa shape index (κ1) is 12.5. The van der Waals surface area contributed by atoms with Crippen LogP contribution in [0.15, 0.2) is 28.1 Å². The van der Waals surface area contributed by atoms with Gasteiger partial charge in [0.05, 0.1) is 9.35 Å². The van der Waals surface area contributed by atoms with Crippen molar-refractivity contribution in [2.75, 3.05) is 0 Å². The standard InChI is InChI=1S/C13H10BrFOS/c1-7-4-3-5-9(12(7)15)13(16)10-6-11(14)17-8(10)2/h3-6H,1-2H3. The lowest BCUT2D eigenvalue weighted by molar-refractivity contribution is 0.103. The van der Waals surface area contributed by atoms with Crippen LogP contribution in [0.3, 0.4) is 0 Å². The zero-order chi connectivity index (χ0) is 12.6. The van der Waals surface area contributed by atoms with Crippen molar-refractivity contribution in [3.63, 3.8) is 0 Å². The van der Waals surface area contributed by atoms with Gasteiger partial charge in [-0.1, -0.05) is 12.1 Å². The summed E-state index contributed by atoms with van der Waals surface area (Å²) in [5.41, 5.74) is 1.19. The van der Waals surface area contributed by atoms with E-state index >= 15 is 0 Å². The molecule has 0 saturated carbocycles. The topological polar surface area (TPSA) is 17.1 Å². The number of ketones is 1. The third-order valence-corrected chi connectivity index (χ3v) is 4.12. The molecule has 0 radical (unpaired) electrons. The lowest BCUT2D eigenvalue weighted by atomic mass is 10.0. The van der Waals surface area contributed by atoms with E-state index in [4.69, 9.17) is 0 Å². The van der Waals surface area contributed by atoms with E-state index < -0.39 is 5.82 Å². The van der Waals surface area contributed by atoms with Crippen molar-refractivity contribution in [1.82, 2.24) is 0 Å². The molecule has 0 atom stereocenters. The van der Waals surface area contributed by atoms with E-state index in [-0.39, 0.29) is 11.3 Å². The second kappa shape index (κ2) is 4.70. The van der Waals surface area contributed by atoms with Gasteiger partial charge in [-0.25, -0.2) is 4.39 Å². The number of carbonyl (C=O) groups excluding carboxylic acids is 1. The van der Waals surface area contributed by atoms with Crippen LogP contribution in [0.4, 0.5) is 4.39 Å². The predicted molar refractivity (Wildman–Crippen MR) is 71.3 cm³/mol. The Balaban J connectivity index is 2.51. The lowest BCUT2D eigenvalue weighted by Crippen LogP contribution is -2.05. The fourth-order valence-corrected chi connectivity index (χ4v) is 3.33. The minimum absolute atomic E-state index is 0.137. The Bertz CT molecular complexity index is 589. The summed E-state index contributed by atoms with van der Waals surface area (Å²) in [6, 6.07) is 6.62. The fraction of sp³-hybridized carbons (Fsp3) is 0.154. The second-order valence-electron chi connectivity index (χ2n) is 3.79. The van der Waals surface area contributed by atoms with Crippen molar-refractivity contribution in [3.8, 4) is 0 Å². The van der Waals surface area contributed by atoms with Crippen LogP contribution >= 0.6 is 27.3 Å². The molecule has 1 heterocycles. The number of carbonyl (C=O) groups is 1. The fourth-order valence-electron chi connectivity index (χ4n) is 1.64. The Morgan fingerprint density at radius 3 is 2.59 bits per heavy atom. The van der Waals surface area contributed by atoms with Crippen LogP contribution in [0, 0.1) is 19.7 Å². The van der Waals surface area contributed by atoms with E-state index in [0.717, 1.165) is 8.66 Å². The number of thiophene rings is 1. The third-order valence-electron chi connectivity index (χ3n) is 2.57. The molecular formula is C13H10BrFOS. The molecule has 2 rings (SSSR count). The normalized spacial score (nSPS) is 10.6. The quantitative estimate of drug-likeness (QED) is 0.746. The van der Waals surface area contributed by atoms with E-state index in [0.29, 0.717) is 11.1 Å². The van der Waals surface area contributed by atoms with E-state index in [1.54, 1.807) is 25.1 Å². The summed E-state index contributed by atoms with van der Waals surface area (Å²) in [4.78, 5) is 13.1. The van der Waals surface area contributed by atoms with Crippen LogP contribution in [0.1, 0.15) is 26.4 Å². The van der Waals surface area contributed by atoms with Crippen molar-refractivity contribution in [2.24, 2.45) is 0 Å². The third kappa shape index (κ3) is 2.33. The molecule has 1 aromatic heterocycles. The molecule has 88 valence electrons. The summed E-state index contributed by atoms with van der Waals surface area (Å²) in [6.45, 7) is 3.51. The van der Waals surface area contributed by atoms with Gasteiger partial charge < -0.3 is 0 Å². The molecular weight excluding hydrogens is 303 g/mol. The summed E-state index contributed by atoms with van der Waals surface area (Å²) in [7, 11) is 0. The van der Waals surface area contributed by atoms with Gasteiger partial charge in [0, 0.05) is 10.4 Å². The highest BCUT2D eigenvalue weighted by molar-refractivity contribution is 9.11. The number of rotatable bonds is 2. The van der Waals surface area contributed by atoms with Crippen LogP contribution in [-0.4, -0.2) is 5.78 Å². The highest BCUT2D eigenvalue weighted by Gasteiger charge is 2.18. The van der Waals surface area contributed by atoms with E-state index in [2.05, 4.69) is 15.9 Å². The molecule has 0 fully saturated rings. The zero-order valence-electron chi connectivity index (χ0n) is 9.38. The average molecular weight is 313 g/mol. The number of benzene rings is 1. The van der Waals surface area contributed by atoms with Crippen molar-refractivity contribution in [2.45, 2.75) is 13.8 Å². The first-order chi connectivity index (χ1) is 8.00. The minimum Gasteiger partial charge on any atom is -0.288 e. The molecule has 0 unspecified atom stereocenters. The molecule has 0 aliphatic rings. The second-order valence-corrected chi connectivity index (χ2v) is 6.42. The van der Waals surface area contributed by atoms with Crippen molar-refractivity contribution in [1.29, 1.82) is 0 Å². The minimum atomic E-state index is -0.431. The van der Waals surface area contributed by atoms with Gasteiger partial charge in [-0.05, 0) is 47.5 Å². The first-order valence-corrected chi connectivity index (χ1v) is 6.67. The Morgan fingerprint density at radius 1 is 1.29 bits per heavy atom. The maximum Gasteiger partial charge on any atom is 0.197 e. The van der Waals surface area contributed by atoms with E-state index in [9.17, 15) is 9.18 Å².